The van der Waals surface area contributed by atoms with Gasteiger partial charge in [0.25, 0.3) is 0 Å². The first-order valence-corrected chi connectivity index (χ1v) is 4.32. The fourth-order valence-electron chi connectivity index (χ4n) is 1.48. The fraction of sp³-hybridized carbons (Fsp3) is 0.300. The van der Waals surface area contributed by atoms with E-state index in [0.29, 0.717) is 5.56 Å². The minimum atomic E-state index is -1.43. The molecule has 0 amide bonds. The maximum Gasteiger partial charge on any atom is 0.338 e. The second-order valence-electron chi connectivity index (χ2n) is 3.20. The number of hydrogen-bond donors (Lipinski definition) is 2. The molecule has 1 aliphatic rings. The van der Waals surface area contributed by atoms with Gasteiger partial charge in [0.05, 0.1) is 0 Å². The summed E-state index contributed by atoms with van der Waals surface area (Å²) in [4.78, 5) is 10.9. The Bertz CT molecular complexity index is 335. The third-order valence-electron chi connectivity index (χ3n) is 2.25. The van der Waals surface area contributed by atoms with Crippen molar-refractivity contribution in [3.05, 3.63) is 35.9 Å². The van der Waals surface area contributed by atoms with Crippen LogP contribution in [0, 0.1) is 0 Å². The summed E-state index contributed by atoms with van der Waals surface area (Å²) < 4.78 is 4.83. The molecule has 0 bridgehead atoms. The SMILES string of the molecule is O=C1O[C@@H](c2ccccc2)[C@@H](O)[C@H]1O. The second kappa shape index (κ2) is 3.40. The first-order chi connectivity index (χ1) is 6.70. The molecule has 1 aromatic carbocycles. The molecule has 74 valence electrons. The van der Waals surface area contributed by atoms with Gasteiger partial charge in [-0.1, -0.05) is 30.3 Å². The standard InChI is InChI=1S/C10H10O4/c11-7-8(12)10(13)14-9(7)6-4-2-1-3-5-6/h1-5,7-9,11-12H/t7-,8+,9-/m0/s1. The van der Waals surface area contributed by atoms with Crippen molar-refractivity contribution in [1.29, 1.82) is 0 Å². The normalized spacial score (nSPS) is 31.6. The van der Waals surface area contributed by atoms with E-state index < -0.39 is 24.3 Å². The molecular formula is C10H10O4. The Morgan fingerprint density at radius 2 is 1.79 bits per heavy atom. The van der Waals surface area contributed by atoms with E-state index in [1.165, 1.54) is 0 Å². The number of esters is 1. The van der Waals surface area contributed by atoms with Crippen LogP contribution in [0.5, 0.6) is 0 Å². The van der Waals surface area contributed by atoms with Crippen molar-refractivity contribution in [3.63, 3.8) is 0 Å². The largest absolute Gasteiger partial charge is 0.453 e. The van der Waals surface area contributed by atoms with Gasteiger partial charge in [-0.25, -0.2) is 4.79 Å². The second-order valence-corrected chi connectivity index (χ2v) is 3.20. The van der Waals surface area contributed by atoms with E-state index in [-0.39, 0.29) is 0 Å². The third kappa shape index (κ3) is 1.38. The lowest BCUT2D eigenvalue weighted by Crippen LogP contribution is -2.27. The predicted molar refractivity (Wildman–Crippen MR) is 47.3 cm³/mol. The average molecular weight is 194 g/mol. The van der Waals surface area contributed by atoms with Crippen LogP contribution < -0.4 is 0 Å². The monoisotopic (exact) mass is 194 g/mol. The minimum Gasteiger partial charge on any atom is -0.453 e. The molecule has 0 aliphatic carbocycles. The quantitative estimate of drug-likeness (QED) is 0.618. The molecule has 0 radical (unpaired) electrons. The van der Waals surface area contributed by atoms with E-state index in [1.54, 1.807) is 24.3 Å². The molecule has 1 saturated heterocycles. The van der Waals surface area contributed by atoms with Gasteiger partial charge in [-0.2, -0.15) is 0 Å². The number of benzene rings is 1. The summed E-state index contributed by atoms with van der Waals surface area (Å²) in [6, 6.07) is 8.85. The van der Waals surface area contributed by atoms with Crippen LogP contribution in [0.15, 0.2) is 30.3 Å². The number of hydrogen-bond acceptors (Lipinski definition) is 4. The smallest absolute Gasteiger partial charge is 0.338 e. The van der Waals surface area contributed by atoms with Gasteiger partial charge in [0.2, 0.25) is 0 Å². The van der Waals surface area contributed by atoms with E-state index in [9.17, 15) is 15.0 Å². The Morgan fingerprint density at radius 3 is 2.29 bits per heavy atom. The zero-order chi connectivity index (χ0) is 10.1. The van der Waals surface area contributed by atoms with Gasteiger partial charge in [0, 0.05) is 0 Å². The number of aliphatic hydroxyl groups excluding tert-OH is 2. The van der Waals surface area contributed by atoms with Gasteiger partial charge in [-0.3, -0.25) is 0 Å². The van der Waals surface area contributed by atoms with Gasteiger partial charge < -0.3 is 14.9 Å². The number of ether oxygens (including phenoxy) is 1. The van der Waals surface area contributed by atoms with Crippen molar-refractivity contribution in [2.75, 3.05) is 0 Å². The van der Waals surface area contributed by atoms with Crippen LogP contribution in [0.2, 0.25) is 0 Å². The van der Waals surface area contributed by atoms with Crippen molar-refractivity contribution in [2.24, 2.45) is 0 Å². The maximum absolute atomic E-state index is 10.9. The summed E-state index contributed by atoms with van der Waals surface area (Å²) >= 11 is 0. The molecule has 0 spiro atoms. The molecule has 1 fully saturated rings. The van der Waals surface area contributed by atoms with Crippen molar-refractivity contribution in [1.82, 2.24) is 0 Å². The van der Waals surface area contributed by atoms with Gasteiger partial charge in [-0.05, 0) is 5.56 Å². The van der Waals surface area contributed by atoms with E-state index in [0.717, 1.165) is 0 Å². The van der Waals surface area contributed by atoms with Crippen LogP contribution in [0.1, 0.15) is 11.7 Å². The summed E-state index contributed by atoms with van der Waals surface area (Å²) in [5, 5.41) is 18.7. The number of aliphatic hydroxyl groups is 2. The Balaban J connectivity index is 2.26. The Kier molecular flexibility index (Phi) is 2.23. The van der Waals surface area contributed by atoms with E-state index >= 15 is 0 Å². The van der Waals surface area contributed by atoms with Crippen LogP contribution in [-0.4, -0.2) is 28.4 Å². The third-order valence-corrected chi connectivity index (χ3v) is 2.25. The molecule has 0 aromatic heterocycles. The molecule has 0 saturated carbocycles. The van der Waals surface area contributed by atoms with E-state index in [2.05, 4.69) is 0 Å². The summed E-state index contributed by atoms with van der Waals surface area (Å²) in [6.07, 6.45) is -3.36. The highest BCUT2D eigenvalue weighted by atomic mass is 16.6. The van der Waals surface area contributed by atoms with Crippen molar-refractivity contribution >= 4 is 5.97 Å². The zero-order valence-corrected chi connectivity index (χ0v) is 7.33. The van der Waals surface area contributed by atoms with Crippen LogP contribution in [0.3, 0.4) is 0 Å². The zero-order valence-electron chi connectivity index (χ0n) is 7.33. The van der Waals surface area contributed by atoms with Crippen LogP contribution >= 0.6 is 0 Å². The van der Waals surface area contributed by atoms with E-state index in [4.69, 9.17) is 4.74 Å². The lowest BCUT2D eigenvalue weighted by Gasteiger charge is -2.13. The number of cyclic esters (lactones) is 1. The Labute approximate surface area is 80.7 Å². The van der Waals surface area contributed by atoms with Gasteiger partial charge in [-0.15, -0.1) is 0 Å². The molecule has 2 rings (SSSR count). The molecular weight excluding hydrogens is 184 g/mol. The summed E-state index contributed by atoms with van der Waals surface area (Å²) in [7, 11) is 0. The molecule has 14 heavy (non-hydrogen) atoms. The van der Waals surface area contributed by atoms with Crippen LogP contribution in [0.4, 0.5) is 0 Å². The molecule has 4 heteroatoms. The molecule has 4 nitrogen and oxygen atoms in total. The maximum atomic E-state index is 10.9. The Morgan fingerprint density at radius 1 is 1.14 bits per heavy atom. The number of rotatable bonds is 1. The minimum absolute atomic E-state index is 0.685. The molecule has 1 aliphatic heterocycles. The topological polar surface area (TPSA) is 66.8 Å². The van der Waals surface area contributed by atoms with Crippen molar-refractivity contribution < 1.29 is 19.7 Å². The highest BCUT2D eigenvalue weighted by Crippen LogP contribution is 2.29. The van der Waals surface area contributed by atoms with E-state index in [1.807, 2.05) is 6.07 Å². The highest BCUT2D eigenvalue weighted by Gasteiger charge is 2.43. The number of carbonyl (C=O) groups is 1. The van der Waals surface area contributed by atoms with Crippen LogP contribution in [-0.2, 0) is 9.53 Å². The molecule has 3 atom stereocenters. The van der Waals surface area contributed by atoms with Crippen LogP contribution in [0.25, 0.3) is 0 Å². The van der Waals surface area contributed by atoms with Gasteiger partial charge in [0.15, 0.2) is 12.2 Å². The lowest BCUT2D eigenvalue weighted by atomic mass is 10.0. The first kappa shape index (κ1) is 9.18. The van der Waals surface area contributed by atoms with Gasteiger partial charge >= 0.3 is 5.97 Å². The average Bonchev–Trinajstić information content (AvgIpc) is 2.47. The van der Waals surface area contributed by atoms with Crippen molar-refractivity contribution in [3.8, 4) is 0 Å². The van der Waals surface area contributed by atoms with Crippen molar-refractivity contribution in [2.45, 2.75) is 18.3 Å². The molecule has 1 aromatic rings. The first-order valence-electron chi connectivity index (χ1n) is 4.32. The predicted octanol–water partition coefficient (Wildman–Crippen LogP) is 0.00630. The summed E-state index contributed by atoms with van der Waals surface area (Å²) in [5.74, 6) is -0.772. The molecule has 2 N–H and O–H groups in total. The van der Waals surface area contributed by atoms with Gasteiger partial charge in [0.1, 0.15) is 6.10 Å². The number of carbonyl (C=O) groups excluding carboxylic acids is 1. The Hall–Kier alpha value is -1.39. The lowest BCUT2D eigenvalue weighted by molar-refractivity contribution is -0.147. The highest BCUT2D eigenvalue weighted by molar-refractivity contribution is 5.78. The summed E-state index contributed by atoms with van der Waals surface area (Å²) in [5.41, 5.74) is 0.685. The molecule has 1 heterocycles. The fourth-order valence-corrected chi connectivity index (χ4v) is 1.48. The molecule has 0 unspecified atom stereocenters. The summed E-state index contributed by atoms with van der Waals surface area (Å²) in [6.45, 7) is 0.